The molecule has 0 heterocycles. The number of allylic oxidation sites excluding steroid dienone is 1. The van der Waals surface area contributed by atoms with E-state index in [-0.39, 0.29) is 6.10 Å². The standard InChI is InChI=1S/C12H12FNO3/c13-11-8-10(6-7-12(11)14(15)16)17-9-4-2-1-3-5-9/h2,4,6-9H,1,3,5H2. The minimum atomic E-state index is -0.868. The molecule has 1 aromatic rings. The lowest BCUT2D eigenvalue weighted by molar-refractivity contribution is -0.387. The van der Waals surface area contributed by atoms with Crippen LogP contribution in [-0.2, 0) is 0 Å². The van der Waals surface area contributed by atoms with Crippen molar-refractivity contribution in [3.8, 4) is 5.75 Å². The maximum absolute atomic E-state index is 13.3. The van der Waals surface area contributed by atoms with Crippen molar-refractivity contribution in [3.05, 3.63) is 46.3 Å². The fourth-order valence-electron chi connectivity index (χ4n) is 1.76. The van der Waals surface area contributed by atoms with Crippen molar-refractivity contribution in [1.29, 1.82) is 0 Å². The van der Waals surface area contributed by atoms with Crippen molar-refractivity contribution >= 4 is 5.69 Å². The predicted octanol–water partition coefficient (Wildman–Crippen LogP) is 3.22. The molecule has 2 rings (SSSR count). The lowest BCUT2D eigenvalue weighted by atomic mass is 10.1. The zero-order chi connectivity index (χ0) is 12.3. The van der Waals surface area contributed by atoms with E-state index < -0.39 is 16.4 Å². The first kappa shape index (κ1) is 11.6. The normalized spacial score (nSPS) is 19.0. The fraction of sp³-hybridized carbons (Fsp3) is 0.333. The van der Waals surface area contributed by atoms with E-state index in [0.29, 0.717) is 5.75 Å². The minimum absolute atomic E-state index is 0.0652. The summed E-state index contributed by atoms with van der Waals surface area (Å²) in [5, 5.41) is 10.4. The fourth-order valence-corrected chi connectivity index (χ4v) is 1.76. The summed E-state index contributed by atoms with van der Waals surface area (Å²) in [6.07, 6.45) is 6.85. The Labute approximate surface area is 97.9 Å². The molecule has 0 spiro atoms. The summed E-state index contributed by atoms with van der Waals surface area (Å²) in [4.78, 5) is 9.69. The molecular weight excluding hydrogens is 225 g/mol. The molecule has 0 aliphatic heterocycles. The number of benzene rings is 1. The Morgan fingerprint density at radius 1 is 1.47 bits per heavy atom. The Morgan fingerprint density at radius 2 is 2.29 bits per heavy atom. The van der Waals surface area contributed by atoms with Gasteiger partial charge in [-0.25, -0.2) is 0 Å². The largest absolute Gasteiger partial charge is 0.486 e. The molecule has 1 aliphatic rings. The molecule has 0 amide bonds. The molecule has 5 heteroatoms. The number of nitro groups is 1. The van der Waals surface area contributed by atoms with Gasteiger partial charge in [0, 0.05) is 12.1 Å². The van der Waals surface area contributed by atoms with Crippen LogP contribution >= 0.6 is 0 Å². The number of hydrogen-bond donors (Lipinski definition) is 0. The third kappa shape index (κ3) is 2.81. The van der Waals surface area contributed by atoms with E-state index in [1.807, 2.05) is 12.2 Å². The van der Waals surface area contributed by atoms with Crippen molar-refractivity contribution in [1.82, 2.24) is 0 Å². The van der Waals surface area contributed by atoms with Crippen LogP contribution in [0, 0.1) is 15.9 Å². The molecule has 17 heavy (non-hydrogen) atoms. The number of halogens is 1. The van der Waals surface area contributed by atoms with Crippen LogP contribution in [0.2, 0.25) is 0 Å². The summed E-state index contributed by atoms with van der Waals surface area (Å²) >= 11 is 0. The van der Waals surface area contributed by atoms with Gasteiger partial charge in [-0.2, -0.15) is 4.39 Å². The Balaban J connectivity index is 2.12. The number of rotatable bonds is 3. The molecule has 1 aromatic carbocycles. The van der Waals surface area contributed by atoms with Gasteiger partial charge in [-0.05, 0) is 31.4 Å². The Morgan fingerprint density at radius 3 is 2.88 bits per heavy atom. The van der Waals surface area contributed by atoms with Crippen LogP contribution in [0.5, 0.6) is 5.75 Å². The highest BCUT2D eigenvalue weighted by molar-refractivity contribution is 5.38. The Bertz CT molecular complexity index is 459. The van der Waals surface area contributed by atoms with Crippen LogP contribution in [0.1, 0.15) is 19.3 Å². The van der Waals surface area contributed by atoms with Gasteiger partial charge in [0.05, 0.1) is 4.92 Å². The third-order valence-electron chi connectivity index (χ3n) is 2.61. The van der Waals surface area contributed by atoms with Crippen LogP contribution in [0.4, 0.5) is 10.1 Å². The van der Waals surface area contributed by atoms with Gasteiger partial charge < -0.3 is 4.74 Å². The number of nitrogens with zero attached hydrogens (tertiary/aromatic N) is 1. The maximum atomic E-state index is 13.3. The molecular formula is C12H12FNO3. The molecule has 1 atom stereocenters. The first-order valence-corrected chi connectivity index (χ1v) is 5.44. The minimum Gasteiger partial charge on any atom is -0.486 e. The van der Waals surface area contributed by atoms with Gasteiger partial charge >= 0.3 is 5.69 Å². The first-order chi connectivity index (χ1) is 8.16. The van der Waals surface area contributed by atoms with Crippen LogP contribution in [-0.4, -0.2) is 11.0 Å². The molecule has 0 radical (unpaired) electrons. The van der Waals surface area contributed by atoms with Gasteiger partial charge in [-0.1, -0.05) is 6.08 Å². The smallest absolute Gasteiger partial charge is 0.305 e. The molecule has 0 aromatic heterocycles. The van der Waals surface area contributed by atoms with Crippen molar-refractivity contribution in [3.63, 3.8) is 0 Å². The molecule has 0 fully saturated rings. The van der Waals surface area contributed by atoms with Crippen molar-refractivity contribution in [2.24, 2.45) is 0 Å². The van der Waals surface area contributed by atoms with Crippen LogP contribution in [0.25, 0.3) is 0 Å². The van der Waals surface area contributed by atoms with Crippen molar-refractivity contribution in [2.45, 2.75) is 25.4 Å². The summed E-state index contributed by atoms with van der Waals surface area (Å²) in [5.41, 5.74) is -0.531. The van der Waals surface area contributed by atoms with E-state index in [9.17, 15) is 14.5 Å². The molecule has 1 unspecified atom stereocenters. The lowest BCUT2D eigenvalue weighted by Crippen LogP contribution is -2.15. The van der Waals surface area contributed by atoms with E-state index in [1.54, 1.807) is 0 Å². The van der Waals surface area contributed by atoms with Gasteiger partial charge in [-0.15, -0.1) is 0 Å². The molecule has 4 nitrogen and oxygen atoms in total. The molecule has 90 valence electrons. The highest BCUT2D eigenvalue weighted by Gasteiger charge is 2.16. The van der Waals surface area contributed by atoms with Gasteiger partial charge in [0.1, 0.15) is 11.9 Å². The van der Waals surface area contributed by atoms with Crippen molar-refractivity contribution < 1.29 is 14.1 Å². The summed E-state index contributed by atoms with van der Waals surface area (Å²) in [7, 11) is 0. The Hall–Kier alpha value is -1.91. The number of nitro benzene ring substituents is 1. The lowest BCUT2D eigenvalue weighted by Gasteiger charge is -2.18. The number of hydrogen-bond acceptors (Lipinski definition) is 3. The van der Waals surface area contributed by atoms with E-state index in [4.69, 9.17) is 4.74 Å². The zero-order valence-electron chi connectivity index (χ0n) is 9.14. The van der Waals surface area contributed by atoms with E-state index >= 15 is 0 Å². The van der Waals surface area contributed by atoms with E-state index in [0.717, 1.165) is 31.4 Å². The van der Waals surface area contributed by atoms with Crippen LogP contribution in [0.3, 0.4) is 0 Å². The van der Waals surface area contributed by atoms with Gasteiger partial charge in [-0.3, -0.25) is 10.1 Å². The average molecular weight is 237 g/mol. The second-order valence-corrected chi connectivity index (χ2v) is 3.89. The average Bonchev–Trinajstić information content (AvgIpc) is 2.30. The molecule has 0 bridgehead atoms. The van der Waals surface area contributed by atoms with Crippen LogP contribution in [0.15, 0.2) is 30.4 Å². The molecule has 0 saturated carbocycles. The highest BCUT2D eigenvalue weighted by atomic mass is 19.1. The number of ether oxygens (including phenoxy) is 1. The zero-order valence-corrected chi connectivity index (χ0v) is 9.14. The predicted molar refractivity (Wildman–Crippen MR) is 60.5 cm³/mol. The van der Waals surface area contributed by atoms with Gasteiger partial charge in [0.25, 0.3) is 0 Å². The van der Waals surface area contributed by atoms with Gasteiger partial charge in [0.2, 0.25) is 5.82 Å². The SMILES string of the molecule is O=[N+]([O-])c1ccc(OC2C=CCCC2)cc1F. The monoisotopic (exact) mass is 237 g/mol. The third-order valence-corrected chi connectivity index (χ3v) is 2.61. The van der Waals surface area contributed by atoms with Gasteiger partial charge in [0.15, 0.2) is 0 Å². The maximum Gasteiger partial charge on any atom is 0.305 e. The van der Waals surface area contributed by atoms with E-state index in [1.165, 1.54) is 6.07 Å². The molecule has 1 aliphatic carbocycles. The molecule has 0 saturated heterocycles. The highest BCUT2D eigenvalue weighted by Crippen LogP contribution is 2.24. The second kappa shape index (κ2) is 4.95. The van der Waals surface area contributed by atoms with E-state index in [2.05, 4.69) is 0 Å². The Kier molecular flexibility index (Phi) is 3.37. The summed E-state index contributed by atoms with van der Waals surface area (Å²) in [5.74, 6) is -0.545. The summed E-state index contributed by atoms with van der Waals surface area (Å²) in [6, 6.07) is 3.60. The van der Waals surface area contributed by atoms with Crippen LogP contribution < -0.4 is 4.74 Å². The topological polar surface area (TPSA) is 52.4 Å². The van der Waals surface area contributed by atoms with Crippen molar-refractivity contribution in [2.75, 3.05) is 0 Å². The quantitative estimate of drug-likeness (QED) is 0.460. The summed E-state index contributed by atoms with van der Waals surface area (Å²) in [6.45, 7) is 0. The summed E-state index contributed by atoms with van der Waals surface area (Å²) < 4.78 is 18.8. The first-order valence-electron chi connectivity index (χ1n) is 5.44. The second-order valence-electron chi connectivity index (χ2n) is 3.89. The molecule has 0 N–H and O–H groups in total.